The monoisotopic (exact) mass is 247 g/mol. The van der Waals surface area contributed by atoms with Gasteiger partial charge in [0.15, 0.2) is 5.78 Å². The molecule has 2 rings (SSSR count). The average Bonchev–Trinajstić information content (AvgIpc) is 2.84. The zero-order chi connectivity index (χ0) is 13.1. The van der Waals surface area contributed by atoms with Gasteiger partial charge in [0.2, 0.25) is 0 Å². The van der Waals surface area contributed by atoms with Gasteiger partial charge in [-0.15, -0.1) is 0 Å². The van der Waals surface area contributed by atoms with E-state index in [1.54, 1.807) is 0 Å². The maximum atomic E-state index is 12.2. The number of carbonyl (C=O) groups is 1. The Morgan fingerprint density at radius 1 is 1.39 bits per heavy atom. The highest BCUT2D eigenvalue weighted by molar-refractivity contribution is 5.97. The molecule has 0 aliphatic heterocycles. The first-order chi connectivity index (χ1) is 8.61. The van der Waals surface area contributed by atoms with Crippen molar-refractivity contribution in [3.63, 3.8) is 0 Å². The number of likely N-dealkylation sites (N-methyl/N-ethyl adjacent to an activating group) is 1. The Bertz CT molecular complexity index is 442. The summed E-state index contributed by atoms with van der Waals surface area (Å²) >= 11 is 0. The zero-order valence-electron chi connectivity index (χ0n) is 11.1. The van der Waals surface area contributed by atoms with Gasteiger partial charge in [0.05, 0.1) is 13.2 Å². The fraction of sp³-hybridized carbons (Fsp3) is 0.533. The number of fused-ring (bicyclic) bond motifs is 1. The number of benzene rings is 1. The minimum absolute atomic E-state index is 0.0170. The molecule has 1 N–H and O–H groups in total. The smallest absolute Gasteiger partial charge is 0.176 e. The van der Waals surface area contributed by atoms with Crippen LogP contribution in [0.5, 0.6) is 0 Å². The molecule has 1 aliphatic rings. The molecule has 18 heavy (non-hydrogen) atoms. The third-order valence-electron chi connectivity index (χ3n) is 3.83. The van der Waals surface area contributed by atoms with Crippen LogP contribution in [0.1, 0.15) is 34.8 Å². The van der Waals surface area contributed by atoms with E-state index in [0.29, 0.717) is 6.54 Å². The van der Waals surface area contributed by atoms with Gasteiger partial charge in [-0.2, -0.15) is 0 Å². The van der Waals surface area contributed by atoms with E-state index in [4.69, 9.17) is 5.11 Å². The minimum Gasteiger partial charge on any atom is -0.395 e. The third-order valence-corrected chi connectivity index (χ3v) is 3.83. The number of aliphatic hydroxyl groups excluding tert-OH is 1. The van der Waals surface area contributed by atoms with Crippen LogP contribution in [0.3, 0.4) is 0 Å². The number of hydrogen-bond acceptors (Lipinski definition) is 3. The molecule has 3 heteroatoms. The van der Waals surface area contributed by atoms with Crippen LogP contribution < -0.4 is 0 Å². The molecule has 1 aromatic rings. The summed E-state index contributed by atoms with van der Waals surface area (Å²) in [4.78, 5) is 14.0. The quantitative estimate of drug-likeness (QED) is 0.805. The summed E-state index contributed by atoms with van der Waals surface area (Å²) in [6, 6.07) is 6.08. The highest BCUT2D eigenvalue weighted by Crippen LogP contribution is 2.23. The van der Waals surface area contributed by atoms with Crippen LogP contribution in [0.4, 0.5) is 0 Å². The van der Waals surface area contributed by atoms with Crippen LogP contribution in [0.15, 0.2) is 18.2 Å². The minimum atomic E-state index is 0.0170. The number of ketones is 1. The molecule has 1 unspecified atom stereocenters. The summed E-state index contributed by atoms with van der Waals surface area (Å²) in [6.07, 6.45) is 3.44. The lowest BCUT2D eigenvalue weighted by Gasteiger charge is -2.21. The fourth-order valence-corrected chi connectivity index (χ4v) is 2.36. The second kappa shape index (κ2) is 5.63. The van der Waals surface area contributed by atoms with E-state index in [-0.39, 0.29) is 18.4 Å². The van der Waals surface area contributed by atoms with Gasteiger partial charge in [-0.3, -0.25) is 9.69 Å². The van der Waals surface area contributed by atoms with Crippen LogP contribution in [0.2, 0.25) is 0 Å². The molecular formula is C15H21NO2. The number of aryl methyl sites for hydroxylation is 2. The molecule has 0 amide bonds. The van der Waals surface area contributed by atoms with Crippen LogP contribution in [0, 0.1) is 0 Å². The highest BCUT2D eigenvalue weighted by atomic mass is 16.3. The molecule has 0 bridgehead atoms. The van der Waals surface area contributed by atoms with Crippen molar-refractivity contribution in [2.45, 2.75) is 32.2 Å². The largest absolute Gasteiger partial charge is 0.395 e. The van der Waals surface area contributed by atoms with Gasteiger partial charge in [0.1, 0.15) is 0 Å². The molecule has 0 heterocycles. The van der Waals surface area contributed by atoms with E-state index in [0.717, 1.165) is 18.4 Å². The van der Waals surface area contributed by atoms with Crippen molar-refractivity contribution < 1.29 is 9.90 Å². The number of carbonyl (C=O) groups excluding carboxylic acids is 1. The average molecular weight is 247 g/mol. The van der Waals surface area contributed by atoms with Crippen LogP contribution >= 0.6 is 0 Å². The van der Waals surface area contributed by atoms with Gasteiger partial charge in [-0.25, -0.2) is 0 Å². The van der Waals surface area contributed by atoms with Gasteiger partial charge in [0.25, 0.3) is 0 Å². The van der Waals surface area contributed by atoms with Crippen molar-refractivity contribution in [1.29, 1.82) is 0 Å². The first-order valence-corrected chi connectivity index (χ1v) is 6.58. The standard InChI is InChI=1S/C15H21NO2/c1-11(10-17)16(2)9-15(18)14-7-6-12-4-3-5-13(12)8-14/h6-8,11,17H,3-5,9-10H2,1-2H3. The van der Waals surface area contributed by atoms with Gasteiger partial charge < -0.3 is 5.11 Å². The first-order valence-electron chi connectivity index (χ1n) is 6.58. The zero-order valence-corrected chi connectivity index (χ0v) is 11.1. The molecule has 0 saturated carbocycles. The fourth-order valence-electron chi connectivity index (χ4n) is 2.36. The van der Waals surface area contributed by atoms with Crippen molar-refractivity contribution in [2.24, 2.45) is 0 Å². The molecule has 98 valence electrons. The Morgan fingerprint density at radius 2 is 2.11 bits per heavy atom. The Balaban J connectivity index is 2.05. The van der Waals surface area contributed by atoms with Crippen molar-refractivity contribution in [3.8, 4) is 0 Å². The van der Waals surface area contributed by atoms with Crippen LogP contribution in [0.25, 0.3) is 0 Å². The van der Waals surface area contributed by atoms with E-state index in [1.807, 2.05) is 31.0 Å². The lowest BCUT2D eigenvalue weighted by atomic mass is 10.0. The SMILES string of the molecule is CC(CO)N(C)CC(=O)c1ccc2c(c1)CCC2. The predicted molar refractivity (Wildman–Crippen MR) is 72.0 cm³/mol. The second-order valence-electron chi connectivity index (χ2n) is 5.21. The summed E-state index contributed by atoms with van der Waals surface area (Å²) in [5.74, 6) is 0.132. The van der Waals surface area contributed by atoms with Crippen LogP contribution in [-0.2, 0) is 12.8 Å². The number of hydrogen-bond donors (Lipinski definition) is 1. The maximum Gasteiger partial charge on any atom is 0.176 e. The summed E-state index contributed by atoms with van der Waals surface area (Å²) in [6.45, 7) is 2.35. The van der Waals surface area contributed by atoms with E-state index in [1.165, 1.54) is 17.5 Å². The lowest BCUT2D eigenvalue weighted by Crippen LogP contribution is -2.36. The molecule has 0 spiro atoms. The molecule has 1 aliphatic carbocycles. The van der Waals surface area contributed by atoms with Gasteiger partial charge >= 0.3 is 0 Å². The third kappa shape index (κ3) is 2.79. The normalized spacial score (nSPS) is 15.8. The maximum absolute atomic E-state index is 12.2. The van der Waals surface area contributed by atoms with E-state index >= 15 is 0 Å². The summed E-state index contributed by atoms with van der Waals surface area (Å²) in [7, 11) is 1.87. The van der Waals surface area contributed by atoms with Gasteiger partial charge in [-0.1, -0.05) is 12.1 Å². The molecule has 0 aromatic heterocycles. The predicted octanol–water partition coefficient (Wildman–Crippen LogP) is 1.67. The Morgan fingerprint density at radius 3 is 2.83 bits per heavy atom. The van der Waals surface area contributed by atoms with Crippen molar-refractivity contribution >= 4 is 5.78 Å². The van der Waals surface area contributed by atoms with Crippen LogP contribution in [-0.4, -0.2) is 42.0 Å². The van der Waals surface area contributed by atoms with Crippen molar-refractivity contribution in [3.05, 3.63) is 34.9 Å². The summed E-state index contributed by atoms with van der Waals surface area (Å²) < 4.78 is 0. The van der Waals surface area contributed by atoms with Crippen molar-refractivity contribution in [1.82, 2.24) is 4.90 Å². The molecule has 1 atom stereocenters. The van der Waals surface area contributed by atoms with E-state index < -0.39 is 0 Å². The van der Waals surface area contributed by atoms with Gasteiger partial charge in [-0.05, 0) is 50.4 Å². The number of rotatable bonds is 5. The molecular weight excluding hydrogens is 226 g/mol. The summed E-state index contributed by atoms with van der Waals surface area (Å²) in [5.41, 5.74) is 3.52. The summed E-state index contributed by atoms with van der Waals surface area (Å²) in [5, 5.41) is 9.06. The van der Waals surface area contributed by atoms with E-state index in [9.17, 15) is 4.79 Å². The van der Waals surface area contributed by atoms with Gasteiger partial charge in [0, 0.05) is 11.6 Å². The number of Topliss-reactive ketones (excluding diaryl/α,β-unsaturated/α-hetero) is 1. The Hall–Kier alpha value is -1.19. The first kappa shape index (κ1) is 13.2. The topological polar surface area (TPSA) is 40.5 Å². The lowest BCUT2D eigenvalue weighted by molar-refractivity contribution is 0.0890. The Labute approximate surface area is 108 Å². The number of aliphatic hydroxyl groups is 1. The number of nitrogens with zero attached hydrogens (tertiary/aromatic N) is 1. The molecule has 1 aromatic carbocycles. The van der Waals surface area contributed by atoms with E-state index in [2.05, 4.69) is 6.07 Å². The molecule has 0 fully saturated rings. The molecule has 0 radical (unpaired) electrons. The highest BCUT2D eigenvalue weighted by Gasteiger charge is 2.16. The molecule has 0 saturated heterocycles. The van der Waals surface area contributed by atoms with Crippen molar-refractivity contribution in [2.75, 3.05) is 20.2 Å². The molecule has 3 nitrogen and oxygen atoms in total. The Kier molecular flexibility index (Phi) is 4.15. The second-order valence-corrected chi connectivity index (χ2v) is 5.21.